The van der Waals surface area contributed by atoms with Crippen LogP contribution in [0.2, 0.25) is 0 Å². The Bertz CT molecular complexity index is 137. The molecule has 0 unspecified atom stereocenters. The van der Waals surface area contributed by atoms with Crippen LogP contribution in [-0.4, -0.2) is 18.7 Å². The molecule has 0 aliphatic carbocycles. The predicted molar refractivity (Wildman–Crippen MR) is 32.8 cm³/mol. The SMILES string of the molecule is CCCS(=O)(=O)O.N.[H-].[Na+]. The summed E-state index contributed by atoms with van der Waals surface area (Å²) in [5.74, 6) is -0.132. The summed E-state index contributed by atoms with van der Waals surface area (Å²) >= 11 is 0. The second kappa shape index (κ2) is 6.98. The Hall–Kier alpha value is 0.870. The van der Waals surface area contributed by atoms with E-state index in [1.807, 2.05) is 0 Å². The first-order valence-corrected chi connectivity index (χ1v) is 3.62. The van der Waals surface area contributed by atoms with Crippen LogP contribution in [0.15, 0.2) is 0 Å². The van der Waals surface area contributed by atoms with Gasteiger partial charge in [-0.3, -0.25) is 4.55 Å². The summed E-state index contributed by atoms with van der Waals surface area (Å²) in [6.07, 6.45) is 0.471. The molecule has 0 radical (unpaired) electrons. The second-order valence-corrected chi connectivity index (χ2v) is 2.86. The van der Waals surface area contributed by atoms with E-state index in [0.29, 0.717) is 6.42 Å². The Kier molecular flexibility index (Phi) is 12.8. The average Bonchev–Trinajstić information content (AvgIpc) is 1.30. The van der Waals surface area contributed by atoms with Crippen LogP contribution in [0.3, 0.4) is 0 Å². The molecule has 4 N–H and O–H groups in total. The number of hydrogen-bond acceptors (Lipinski definition) is 3. The second-order valence-electron chi connectivity index (χ2n) is 1.29. The molecule has 0 bridgehead atoms. The summed E-state index contributed by atoms with van der Waals surface area (Å²) in [5, 5.41) is 0. The maximum atomic E-state index is 9.79. The summed E-state index contributed by atoms with van der Waals surface area (Å²) in [7, 11) is -3.67. The molecule has 0 heterocycles. The van der Waals surface area contributed by atoms with E-state index >= 15 is 0 Å². The first-order valence-electron chi connectivity index (χ1n) is 2.01. The minimum Gasteiger partial charge on any atom is -1.00 e. The third kappa shape index (κ3) is 17.7. The molecular weight excluding hydrogens is 153 g/mol. The Labute approximate surface area is 79.1 Å². The monoisotopic (exact) mass is 165 g/mol. The van der Waals surface area contributed by atoms with Gasteiger partial charge in [-0.05, 0) is 6.42 Å². The minimum absolute atomic E-state index is 0. The molecule has 9 heavy (non-hydrogen) atoms. The fourth-order valence-electron chi connectivity index (χ4n) is 0.258. The summed E-state index contributed by atoms with van der Waals surface area (Å²) in [6.45, 7) is 1.69. The molecule has 0 aliphatic rings. The standard InChI is InChI=1S/C3H8O3S.H3N.Na.H/c1-2-3-7(4,5)6;;;/h2-3H2,1H3,(H,4,5,6);1H3;;/q;;+1;-1. The third-order valence-electron chi connectivity index (χ3n) is 0.462. The molecule has 0 aromatic rings. The molecule has 0 saturated heterocycles. The van der Waals surface area contributed by atoms with Gasteiger partial charge >= 0.3 is 29.6 Å². The van der Waals surface area contributed by atoms with Crippen LogP contribution in [0.1, 0.15) is 14.8 Å². The molecule has 0 aromatic carbocycles. The summed E-state index contributed by atoms with van der Waals surface area (Å²) in [4.78, 5) is 0. The van der Waals surface area contributed by atoms with E-state index in [-0.39, 0.29) is 42.9 Å². The van der Waals surface area contributed by atoms with E-state index in [2.05, 4.69) is 0 Å². The zero-order valence-electron chi connectivity index (χ0n) is 6.79. The van der Waals surface area contributed by atoms with E-state index in [0.717, 1.165) is 0 Å². The van der Waals surface area contributed by atoms with Crippen molar-refractivity contribution in [2.75, 3.05) is 5.75 Å². The fraction of sp³-hybridized carbons (Fsp3) is 1.00. The zero-order chi connectivity index (χ0) is 5.91. The molecular formula is C3H12NNaO3S. The van der Waals surface area contributed by atoms with Crippen molar-refractivity contribution in [3.8, 4) is 0 Å². The molecule has 0 rings (SSSR count). The maximum absolute atomic E-state index is 9.79. The van der Waals surface area contributed by atoms with Gasteiger partial charge in [0.25, 0.3) is 10.1 Å². The van der Waals surface area contributed by atoms with Crippen molar-refractivity contribution in [2.24, 2.45) is 0 Å². The molecule has 0 saturated carbocycles. The van der Waals surface area contributed by atoms with Gasteiger partial charge in [-0.25, -0.2) is 0 Å². The molecule has 0 aromatic heterocycles. The first kappa shape index (κ1) is 16.5. The summed E-state index contributed by atoms with van der Waals surface area (Å²) in [5.41, 5.74) is 0. The summed E-state index contributed by atoms with van der Waals surface area (Å²) < 4.78 is 27.6. The van der Waals surface area contributed by atoms with Crippen LogP contribution in [0.5, 0.6) is 0 Å². The number of hydrogen-bond donors (Lipinski definition) is 2. The van der Waals surface area contributed by atoms with Crippen molar-refractivity contribution >= 4 is 10.1 Å². The third-order valence-corrected chi connectivity index (χ3v) is 1.39. The van der Waals surface area contributed by atoms with E-state index < -0.39 is 10.1 Å². The van der Waals surface area contributed by atoms with Crippen molar-refractivity contribution in [1.29, 1.82) is 0 Å². The van der Waals surface area contributed by atoms with Gasteiger partial charge < -0.3 is 7.58 Å². The molecule has 0 spiro atoms. The molecule has 0 atom stereocenters. The van der Waals surface area contributed by atoms with Crippen LogP contribution in [0.25, 0.3) is 0 Å². The van der Waals surface area contributed by atoms with Gasteiger partial charge in [0.05, 0.1) is 5.75 Å². The molecule has 0 aliphatic heterocycles. The Morgan fingerprint density at radius 1 is 1.56 bits per heavy atom. The van der Waals surface area contributed by atoms with Gasteiger partial charge in [-0.2, -0.15) is 8.42 Å². The van der Waals surface area contributed by atoms with Gasteiger partial charge in [0.15, 0.2) is 0 Å². The minimum atomic E-state index is -3.67. The van der Waals surface area contributed by atoms with Gasteiger partial charge in [-0.1, -0.05) is 6.92 Å². The summed E-state index contributed by atoms with van der Waals surface area (Å²) in [6, 6.07) is 0. The van der Waals surface area contributed by atoms with Crippen molar-refractivity contribution in [3.63, 3.8) is 0 Å². The van der Waals surface area contributed by atoms with Crippen molar-refractivity contribution < 1.29 is 44.0 Å². The Morgan fingerprint density at radius 3 is 1.89 bits per heavy atom. The number of rotatable bonds is 2. The molecule has 4 nitrogen and oxygen atoms in total. The zero-order valence-corrected chi connectivity index (χ0v) is 8.61. The van der Waals surface area contributed by atoms with E-state index in [9.17, 15) is 8.42 Å². The first-order chi connectivity index (χ1) is 3.06. The molecule has 6 heteroatoms. The average molecular weight is 165 g/mol. The van der Waals surface area contributed by atoms with E-state index in [4.69, 9.17) is 4.55 Å². The molecule has 0 fully saturated rings. The van der Waals surface area contributed by atoms with Crippen molar-refractivity contribution in [1.82, 2.24) is 6.15 Å². The van der Waals surface area contributed by atoms with Gasteiger partial charge in [0.2, 0.25) is 0 Å². The molecule has 0 amide bonds. The van der Waals surface area contributed by atoms with Gasteiger partial charge in [0.1, 0.15) is 0 Å². The van der Waals surface area contributed by atoms with Gasteiger partial charge in [0, 0.05) is 0 Å². The quantitative estimate of drug-likeness (QED) is 0.351. The maximum Gasteiger partial charge on any atom is 1.00 e. The van der Waals surface area contributed by atoms with E-state index in [1.165, 1.54) is 0 Å². The van der Waals surface area contributed by atoms with Crippen LogP contribution < -0.4 is 35.7 Å². The molecule has 54 valence electrons. The predicted octanol–water partition coefficient (Wildman–Crippen LogP) is -2.44. The fourth-order valence-corrected chi connectivity index (χ4v) is 0.774. The smallest absolute Gasteiger partial charge is 1.00 e. The van der Waals surface area contributed by atoms with Gasteiger partial charge in [-0.15, -0.1) is 0 Å². The van der Waals surface area contributed by atoms with E-state index in [1.54, 1.807) is 6.92 Å². The Morgan fingerprint density at radius 2 is 1.89 bits per heavy atom. The normalized spacial score (nSPS) is 9.11. The largest absolute Gasteiger partial charge is 1.00 e. The van der Waals surface area contributed by atoms with Crippen LogP contribution in [0.4, 0.5) is 0 Å². The van der Waals surface area contributed by atoms with Crippen molar-refractivity contribution in [2.45, 2.75) is 13.3 Å². The van der Waals surface area contributed by atoms with Crippen LogP contribution in [0, 0.1) is 0 Å². The Balaban J connectivity index is -0.0000000600. The topological polar surface area (TPSA) is 89.4 Å². The van der Waals surface area contributed by atoms with Crippen LogP contribution in [-0.2, 0) is 10.1 Å². The van der Waals surface area contributed by atoms with Crippen LogP contribution >= 0.6 is 0 Å². The van der Waals surface area contributed by atoms with Crippen molar-refractivity contribution in [3.05, 3.63) is 0 Å².